The van der Waals surface area contributed by atoms with Gasteiger partial charge in [0, 0.05) is 24.7 Å². The van der Waals surface area contributed by atoms with Crippen LogP contribution >= 0.6 is 0 Å². The molecular formula is C19H21N3O5S. The van der Waals surface area contributed by atoms with Crippen LogP contribution in [0.5, 0.6) is 5.75 Å². The minimum absolute atomic E-state index is 0.128. The number of piperidine rings is 1. The van der Waals surface area contributed by atoms with Crippen molar-refractivity contribution in [2.45, 2.75) is 42.9 Å². The second kappa shape index (κ2) is 6.52. The van der Waals surface area contributed by atoms with Crippen molar-refractivity contribution in [3.8, 4) is 5.75 Å². The van der Waals surface area contributed by atoms with Crippen LogP contribution in [0.25, 0.3) is 0 Å². The van der Waals surface area contributed by atoms with E-state index in [-0.39, 0.29) is 10.3 Å². The van der Waals surface area contributed by atoms with Gasteiger partial charge in [-0.3, -0.25) is 0 Å². The topological polar surface area (TPSA) is 121 Å². The lowest BCUT2D eigenvalue weighted by molar-refractivity contribution is 0.0693. The fraction of sp³-hybridized carbons (Fsp3) is 0.421. The molecule has 1 unspecified atom stereocenters. The predicted octanol–water partition coefficient (Wildman–Crippen LogP) is 1.86. The van der Waals surface area contributed by atoms with Gasteiger partial charge in [-0.25, -0.2) is 23.2 Å². The number of hydrogen-bond donors (Lipinski definition) is 2. The minimum atomic E-state index is -3.90. The molecule has 1 fully saturated rings. The molecule has 0 amide bonds. The minimum Gasteiger partial charge on any atom is -0.507 e. The van der Waals surface area contributed by atoms with E-state index in [2.05, 4.69) is 9.97 Å². The molecule has 2 aliphatic rings. The molecule has 4 rings (SSSR count). The smallest absolute Gasteiger partial charge is 0.339 e. The highest BCUT2D eigenvalue weighted by molar-refractivity contribution is 7.89. The molecule has 1 saturated heterocycles. The number of hydrogen-bond acceptors (Lipinski definition) is 6. The monoisotopic (exact) mass is 403 g/mol. The summed E-state index contributed by atoms with van der Waals surface area (Å²) in [7, 11) is -3.90. The molecule has 2 heterocycles. The number of rotatable bonds is 3. The van der Waals surface area contributed by atoms with Crippen molar-refractivity contribution in [2.24, 2.45) is 0 Å². The average Bonchev–Trinajstić information content (AvgIpc) is 2.99. The number of aromatic nitrogens is 2. The Bertz CT molecular complexity index is 1070. The first-order valence-corrected chi connectivity index (χ1v) is 10.6. The molecule has 1 atom stereocenters. The van der Waals surface area contributed by atoms with Crippen LogP contribution in [0.1, 0.15) is 46.7 Å². The normalized spacial score (nSPS) is 22.3. The third kappa shape index (κ3) is 2.94. The molecule has 1 aliphatic carbocycles. The van der Waals surface area contributed by atoms with Crippen molar-refractivity contribution in [1.29, 1.82) is 0 Å². The number of aryl methyl sites for hydroxylation is 2. The number of aromatic carboxylic acids is 1. The Balaban J connectivity index is 1.70. The second-order valence-corrected chi connectivity index (χ2v) is 9.44. The summed E-state index contributed by atoms with van der Waals surface area (Å²) >= 11 is 0. The third-order valence-corrected chi connectivity index (χ3v) is 7.58. The highest BCUT2D eigenvalue weighted by Crippen LogP contribution is 2.44. The fourth-order valence-corrected chi connectivity index (χ4v) is 5.91. The maximum atomic E-state index is 13.2. The first-order chi connectivity index (χ1) is 13.2. The molecule has 8 nitrogen and oxygen atoms in total. The van der Waals surface area contributed by atoms with Crippen molar-refractivity contribution in [2.75, 3.05) is 13.1 Å². The molecule has 2 N–H and O–H groups in total. The van der Waals surface area contributed by atoms with Crippen LogP contribution in [-0.2, 0) is 21.9 Å². The summed E-state index contributed by atoms with van der Waals surface area (Å²) in [5.41, 5.74) is 1.25. The first-order valence-electron chi connectivity index (χ1n) is 9.12. The number of nitrogens with zero attached hydrogens (tertiary/aromatic N) is 3. The third-order valence-electron chi connectivity index (χ3n) is 5.74. The quantitative estimate of drug-likeness (QED) is 0.802. The molecule has 1 aromatic carbocycles. The van der Waals surface area contributed by atoms with E-state index < -0.39 is 27.3 Å². The van der Waals surface area contributed by atoms with Crippen LogP contribution < -0.4 is 0 Å². The summed E-state index contributed by atoms with van der Waals surface area (Å²) in [6, 6.07) is 3.37. The molecule has 0 radical (unpaired) electrons. The average molecular weight is 403 g/mol. The molecule has 0 bridgehead atoms. The Morgan fingerprint density at radius 3 is 2.82 bits per heavy atom. The molecule has 1 aromatic heterocycles. The van der Waals surface area contributed by atoms with Crippen molar-refractivity contribution in [3.63, 3.8) is 0 Å². The van der Waals surface area contributed by atoms with Gasteiger partial charge in [0.25, 0.3) is 0 Å². The zero-order valence-electron chi connectivity index (χ0n) is 15.4. The van der Waals surface area contributed by atoms with Gasteiger partial charge in [-0.05, 0) is 56.4 Å². The lowest BCUT2D eigenvalue weighted by Crippen LogP contribution is -2.47. The van der Waals surface area contributed by atoms with Crippen LogP contribution in [0.15, 0.2) is 29.3 Å². The van der Waals surface area contributed by atoms with Crippen LogP contribution in [0.4, 0.5) is 0 Å². The maximum absolute atomic E-state index is 13.2. The van der Waals surface area contributed by atoms with Gasteiger partial charge in [0.15, 0.2) is 0 Å². The molecule has 9 heteroatoms. The number of sulfonamides is 1. The van der Waals surface area contributed by atoms with Crippen LogP contribution in [0.3, 0.4) is 0 Å². The number of phenols is 1. The Labute approximate surface area is 162 Å². The summed E-state index contributed by atoms with van der Waals surface area (Å²) < 4.78 is 27.8. The van der Waals surface area contributed by atoms with E-state index in [9.17, 15) is 23.4 Å². The molecule has 1 spiro atoms. The van der Waals surface area contributed by atoms with E-state index in [0.29, 0.717) is 25.3 Å². The number of carboxylic acid groups (broad SMARTS) is 1. The summed E-state index contributed by atoms with van der Waals surface area (Å²) in [6.45, 7) is 2.50. The standard InChI is InChI=1S/C19H21N3O5S/c1-12-20-10-13-5-7-19(17(13)21-12)6-2-8-22(11-19)28(26,27)14-3-4-16(23)15(9-14)18(24)25/h3-4,9-10,23H,2,5-8,11H2,1H3,(H,24,25). The van der Waals surface area contributed by atoms with E-state index in [1.54, 1.807) is 0 Å². The van der Waals surface area contributed by atoms with E-state index in [1.165, 1.54) is 10.4 Å². The second-order valence-electron chi connectivity index (χ2n) is 7.50. The maximum Gasteiger partial charge on any atom is 0.339 e. The highest BCUT2D eigenvalue weighted by Gasteiger charge is 2.46. The number of carboxylic acids is 1. The van der Waals surface area contributed by atoms with Gasteiger partial charge < -0.3 is 10.2 Å². The summed E-state index contributed by atoms with van der Waals surface area (Å²) in [6.07, 6.45) is 5.04. The fourth-order valence-electron chi connectivity index (χ4n) is 4.32. The van der Waals surface area contributed by atoms with Gasteiger partial charge in [0.1, 0.15) is 17.1 Å². The van der Waals surface area contributed by atoms with Gasteiger partial charge in [-0.2, -0.15) is 4.31 Å². The summed E-state index contributed by atoms with van der Waals surface area (Å²) in [5.74, 6) is -1.16. The zero-order valence-corrected chi connectivity index (χ0v) is 16.2. The molecule has 28 heavy (non-hydrogen) atoms. The van der Waals surface area contributed by atoms with Crippen molar-refractivity contribution in [1.82, 2.24) is 14.3 Å². The summed E-state index contributed by atoms with van der Waals surface area (Å²) in [4.78, 5) is 20.0. The SMILES string of the molecule is Cc1ncc2c(n1)C1(CCCN(S(=O)(=O)c3ccc(O)c(C(=O)O)c3)C1)CC2. The Kier molecular flexibility index (Phi) is 4.39. The molecule has 2 aromatic rings. The van der Waals surface area contributed by atoms with Crippen molar-refractivity contribution < 1.29 is 23.4 Å². The van der Waals surface area contributed by atoms with E-state index in [1.807, 2.05) is 13.1 Å². The number of fused-ring (bicyclic) bond motifs is 2. The van der Waals surface area contributed by atoms with E-state index in [4.69, 9.17) is 0 Å². The molecular weight excluding hydrogens is 382 g/mol. The largest absolute Gasteiger partial charge is 0.507 e. The Morgan fingerprint density at radius 1 is 1.29 bits per heavy atom. The lowest BCUT2D eigenvalue weighted by atomic mass is 9.78. The zero-order chi connectivity index (χ0) is 20.1. The van der Waals surface area contributed by atoms with Gasteiger partial charge in [-0.1, -0.05) is 0 Å². The first kappa shape index (κ1) is 18.8. The van der Waals surface area contributed by atoms with Crippen LogP contribution in [-0.4, -0.2) is 52.0 Å². The number of benzene rings is 1. The Hall–Kier alpha value is -2.52. The lowest BCUT2D eigenvalue weighted by Gasteiger charge is -2.39. The van der Waals surface area contributed by atoms with Crippen LogP contribution in [0, 0.1) is 6.92 Å². The van der Waals surface area contributed by atoms with Crippen molar-refractivity contribution >= 4 is 16.0 Å². The highest BCUT2D eigenvalue weighted by atomic mass is 32.2. The predicted molar refractivity (Wildman–Crippen MR) is 99.8 cm³/mol. The van der Waals surface area contributed by atoms with Gasteiger partial charge >= 0.3 is 5.97 Å². The van der Waals surface area contributed by atoms with Gasteiger partial charge in [0.05, 0.1) is 10.6 Å². The van der Waals surface area contributed by atoms with Crippen LogP contribution in [0.2, 0.25) is 0 Å². The van der Waals surface area contributed by atoms with Gasteiger partial charge in [0.2, 0.25) is 10.0 Å². The molecule has 1 aliphatic heterocycles. The van der Waals surface area contributed by atoms with E-state index >= 15 is 0 Å². The van der Waals surface area contributed by atoms with Crippen molar-refractivity contribution in [3.05, 3.63) is 47.0 Å². The molecule has 148 valence electrons. The van der Waals surface area contributed by atoms with E-state index in [0.717, 1.165) is 42.7 Å². The number of carbonyl (C=O) groups is 1. The molecule has 0 saturated carbocycles. The summed E-state index contributed by atoms with van der Waals surface area (Å²) in [5, 5.41) is 18.9. The Morgan fingerprint density at radius 2 is 2.07 bits per heavy atom. The van der Waals surface area contributed by atoms with Gasteiger partial charge in [-0.15, -0.1) is 0 Å². The number of aromatic hydroxyl groups is 1.